The van der Waals surface area contributed by atoms with Crippen LogP contribution >= 0.6 is 50.7 Å². The van der Waals surface area contributed by atoms with E-state index in [9.17, 15) is 4.39 Å². The molecule has 0 aliphatic heterocycles. The predicted octanol–water partition coefficient (Wildman–Crippen LogP) is 5.60. The average Bonchev–Trinajstić information content (AvgIpc) is 2.35. The van der Waals surface area contributed by atoms with Gasteiger partial charge in [-0.2, -0.15) is 0 Å². The summed E-state index contributed by atoms with van der Waals surface area (Å²) >= 11 is 20.9. The van der Waals surface area contributed by atoms with Crippen LogP contribution in [0.25, 0.3) is 0 Å². The zero-order valence-electron chi connectivity index (χ0n) is 9.43. The third-order valence-corrected chi connectivity index (χ3v) is 4.52. The number of nitrogens with two attached hydrogens (primary N) is 1. The molecule has 19 heavy (non-hydrogen) atoms. The molecule has 0 aromatic heterocycles. The van der Waals surface area contributed by atoms with Crippen molar-refractivity contribution in [1.82, 2.24) is 0 Å². The molecular weight excluding hydrogens is 375 g/mol. The monoisotopic (exact) mass is 381 g/mol. The number of benzene rings is 2. The summed E-state index contributed by atoms with van der Waals surface area (Å²) in [5.41, 5.74) is 6.91. The van der Waals surface area contributed by atoms with Crippen molar-refractivity contribution in [3.8, 4) is 0 Å². The van der Waals surface area contributed by atoms with E-state index in [1.807, 2.05) is 0 Å². The third-order valence-electron chi connectivity index (χ3n) is 2.70. The smallest absolute Gasteiger partial charge is 0.148 e. The maximum Gasteiger partial charge on any atom is 0.148 e. The summed E-state index contributed by atoms with van der Waals surface area (Å²) in [5.74, 6) is -0.561. The summed E-state index contributed by atoms with van der Waals surface area (Å²) in [6, 6.07) is 7.39. The lowest BCUT2D eigenvalue weighted by molar-refractivity contribution is 0.599. The van der Waals surface area contributed by atoms with E-state index in [1.165, 1.54) is 0 Å². The van der Waals surface area contributed by atoms with Crippen molar-refractivity contribution in [3.05, 3.63) is 66.8 Å². The van der Waals surface area contributed by atoms with E-state index in [4.69, 9.17) is 40.5 Å². The SMILES string of the molecule is NC(c1ccc(Cl)cc1Cl)c1ccc(Br)c(Cl)c1F. The van der Waals surface area contributed by atoms with Crippen molar-refractivity contribution in [2.45, 2.75) is 6.04 Å². The van der Waals surface area contributed by atoms with Gasteiger partial charge in [-0.15, -0.1) is 0 Å². The fourth-order valence-electron chi connectivity index (χ4n) is 1.70. The second-order valence-electron chi connectivity index (χ2n) is 3.91. The molecule has 1 atom stereocenters. The van der Waals surface area contributed by atoms with E-state index in [0.29, 0.717) is 20.1 Å². The standard InChI is InChI=1S/C13H8BrCl3FN/c14-9-4-3-8(12(18)11(9)17)13(19)7-2-1-6(15)5-10(7)16/h1-5,13H,19H2. The van der Waals surface area contributed by atoms with Crippen LogP contribution in [0.3, 0.4) is 0 Å². The Hall–Kier alpha value is -0.320. The summed E-state index contributed by atoms with van der Waals surface area (Å²) in [6.07, 6.45) is 0. The first-order chi connectivity index (χ1) is 8.91. The highest BCUT2D eigenvalue weighted by Gasteiger charge is 2.19. The van der Waals surface area contributed by atoms with Gasteiger partial charge in [-0.05, 0) is 39.7 Å². The van der Waals surface area contributed by atoms with Crippen molar-refractivity contribution in [2.24, 2.45) is 5.73 Å². The average molecular weight is 383 g/mol. The highest BCUT2D eigenvalue weighted by Crippen LogP contribution is 2.34. The highest BCUT2D eigenvalue weighted by atomic mass is 79.9. The zero-order chi connectivity index (χ0) is 14.2. The Bertz CT molecular complexity index is 634. The quantitative estimate of drug-likeness (QED) is 0.672. The van der Waals surface area contributed by atoms with Crippen molar-refractivity contribution < 1.29 is 4.39 Å². The molecule has 1 nitrogen and oxygen atoms in total. The van der Waals surface area contributed by atoms with Crippen LogP contribution in [0.15, 0.2) is 34.8 Å². The van der Waals surface area contributed by atoms with E-state index < -0.39 is 11.9 Å². The van der Waals surface area contributed by atoms with Crippen molar-refractivity contribution in [3.63, 3.8) is 0 Å². The summed E-state index contributed by atoms with van der Waals surface area (Å²) in [5, 5.41) is 0.881. The maximum absolute atomic E-state index is 14.1. The van der Waals surface area contributed by atoms with Crippen LogP contribution in [0.1, 0.15) is 17.2 Å². The van der Waals surface area contributed by atoms with Gasteiger partial charge >= 0.3 is 0 Å². The van der Waals surface area contributed by atoms with Crippen molar-refractivity contribution >= 4 is 50.7 Å². The van der Waals surface area contributed by atoms with Gasteiger partial charge in [0.2, 0.25) is 0 Å². The van der Waals surface area contributed by atoms with Crippen LogP contribution in [0.4, 0.5) is 4.39 Å². The first kappa shape index (κ1) is 15.1. The molecule has 2 N–H and O–H groups in total. The number of halogens is 5. The number of rotatable bonds is 2. The molecule has 2 rings (SSSR count). The van der Waals surface area contributed by atoms with Gasteiger partial charge in [0.25, 0.3) is 0 Å². The van der Waals surface area contributed by atoms with Crippen LogP contribution in [0.5, 0.6) is 0 Å². The van der Waals surface area contributed by atoms with Gasteiger partial charge in [0.15, 0.2) is 0 Å². The topological polar surface area (TPSA) is 26.0 Å². The molecule has 0 amide bonds. The van der Waals surface area contributed by atoms with E-state index in [2.05, 4.69) is 15.9 Å². The summed E-state index contributed by atoms with van der Waals surface area (Å²) in [4.78, 5) is 0. The molecule has 0 radical (unpaired) electrons. The van der Waals surface area contributed by atoms with Gasteiger partial charge in [-0.3, -0.25) is 0 Å². The Morgan fingerprint density at radius 1 is 1.05 bits per heavy atom. The molecule has 0 spiro atoms. The second kappa shape index (κ2) is 5.98. The molecule has 0 saturated heterocycles. The van der Waals surface area contributed by atoms with E-state index >= 15 is 0 Å². The molecule has 0 aliphatic carbocycles. The summed E-state index contributed by atoms with van der Waals surface area (Å²) in [6.45, 7) is 0. The summed E-state index contributed by atoms with van der Waals surface area (Å²) in [7, 11) is 0. The van der Waals surface area contributed by atoms with Gasteiger partial charge < -0.3 is 5.73 Å². The van der Waals surface area contributed by atoms with Crippen LogP contribution in [-0.4, -0.2) is 0 Å². The zero-order valence-corrected chi connectivity index (χ0v) is 13.3. The minimum absolute atomic E-state index is 0.00182. The van der Waals surface area contributed by atoms with E-state index in [0.717, 1.165) is 0 Å². The second-order valence-corrected chi connectivity index (χ2v) is 5.98. The number of hydrogen-bond donors (Lipinski definition) is 1. The van der Waals surface area contributed by atoms with E-state index in [1.54, 1.807) is 30.3 Å². The molecule has 2 aromatic rings. The Morgan fingerprint density at radius 2 is 1.68 bits per heavy atom. The molecule has 0 bridgehead atoms. The Labute approximate surface area is 133 Å². The number of hydrogen-bond acceptors (Lipinski definition) is 1. The normalized spacial score (nSPS) is 12.5. The van der Waals surface area contributed by atoms with Crippen LogP contribution in [0, 0.1) is 5.82 Å². The van der Waals surface area contributed by atoms with Gasteiger partial charge in [0.1, 0.15) is 5.82 Å². The van der Waals surface area contributed by atoms with Crippen molar-refractivity contribution in [1.29, 1.82) is 0 Å². The molecule has 0 heterocycles. The molecule has 1 unspecified atom stereocenters. The van der Waals surface area contributed by atoms with Crippen LogP contribution in [0.2, 0.25) is 15.1 Å². The van der Waals surface area contributed by atoms with E-state index in [-0.39, 0.29) is 10.6 Å². The lowest BCUT2D eigenvalue weighted by Crippen LogP contribution is -2.14. The van der Waals surface area contributed by atoms with Gasteiger partial charge in [-0.25, -0.2) is 4.39 Å². The molecule has 0 fully saturated rings. The third kappa shape index (κ3) is 3.06. The highest BCUT2D eigenvalue weighted by molar-refractivity contribution is 9.10. The molecule has 100 valence electrons. The van der Waals surface area contributed by atoms with Gasteiger partial charge in [-0.1, -0.05) is 46.9 Å². The van der Waals surface area contributed by atoms with Crippen LogP contribution in [-0.2, 0) is 0 Å². The largest absolute Gasteiger partial charge is 0.320 e. The molecule has 0 aliphatic rings. The minimum atomic E-state index is -0.713. The lowest BCUT2D eigenvalue weighted by atomic mass is 9.99. The Balaban J connectivity index is 2.50. The van der Waals surface area contributed by atoms with Crippen LogP contribution < -0.4 is 5.73 Å². The predicted molar refractivity (Wildman–Crippen MR) is 81.6 cm³/mol. The summed E-state index contributed by atoms with van der Waals surface area (Å²) < 4.78 is 14.6. The first-order valence-electron chi connectivity index (χ1n) is 5.25. The minimum Gasteiger partial charge on any atom is -0.320 e. The van der Waals surface area contributed by atoms with Gasteiger partial charge in [0.05, 0.1) is 11.1 Å². The molecule has 6 heteroatoms. The van der Waals surface area contributed by atoms with Gasteiger partial charge in [0, 0.05) is 20.1 Å². The molecular formula is C13H8BrCl3FN. The fourth-order valence-corrected chi connectivity index (χ4v) is 2.71. The maximum atomic E-state index is 14.1. The molecule has 0 saturated carbocycles. The Morgan fingerprint density at radius 3 is 2.32 bits per heavy atom. The Kier molecular flexibility index (Phi) is 4.75. The fraction of sp³-hybridized carbons (Fsp3) is 0.0769. The molecule has 2 aromatic carbocycles. The van der Waals surface area contributed by atoms with Crippen molar-refractivity contribution in [2.75, 3.05) is 0 Å². The first-order valence-corrected chi connectivity index (χ1v) is 7.18. The lowest BCUT2D eigenvalue weighted by Gasteiger charge is -2.16.